The van der Waals surface area contributed by atoms with Crippen molar-refractivity contribution in [1.82, 2.24) is 15.0 Å². The number of amides is 1. The van der Waals surface area contributed by atoms with Crippen LogP contribution in [0.2, 0.25) is 10.0 Å². The zero-order chi connectivity index (χ0) is 21.3. The van der Waals surface area contributed by atoms with Gasteiger partial charge in [0.1, 0.15) is 0 Å². The summed E-state index contributed by atoms with van der Waals surface area (Å²) in [6, 6.07) is 11.0. The van der Waals surface area contributed by atoms with Crippen molar-refractivity contribution >= 4 is 34.8 Å². The zero-order valence-corrected chi connectivity index (χ0v) is 17.1. The van der Waals surface area contributed by atoms with Crippen molar-refractivity contribution in [1.29, 1.82) is 0 Å². The predicted octanol–water partition coefficient (Wildman–Crippen LogP) is 4.97. The van der Waals surface area contributed by atoms with Crippen molar-refractivity contribution < 1.29 is 14.2 Å². The Morgan fingerprint density at radius 3 is 2.80 bits per heavy atom. The van der Waals surface area contributed by atoms with E-state index < -0.39 is 4.92 Å². The van der Waals surface area contributed by atoms with Crippen LogP contribution in [0.4, 0.5) is 5.69 Å². The van der Waals surface area contributed by atoms with Gasteiger partial charge in [0, 0.05) is 35.8 Å². The van der Waals surface area contributed by atoms with Crippen molar-refractivity contribution in [2.24, 2.45) is 0 Å². The molecule has 0 bridgehead atoms. The summed E-state index contributed by atoms with van der Waals surface area (Å²) in [5, 5.41) is 15.5. The fraction of sp³-hybridized carbons (Fsp3) is 0.250. The number of nitro groups is 1. The van der Waals surface area contributed by atoms with Crippen LogP contribution in [0.1, 0.15) is 35.0 Å². The number of benzene rings is 2. The quantitative estimate of drug-likeness (QED) is 0.413. The fourth-order valence-electron chi connectivity index (χ4n) is 3.47. The van der Waals surface area contributed by atoms with Gasteiger partial charge in [0.2, 0.25) is 11.7 Å². The maximum atomic E-state index is 12.9. The van der Waals surface area contributed by atoms with Gasteiger partial charge >= 0.3 is 0 Å². The summed E-state index contributed by atoms with van der Waals surface area (Å²) in [6.45, 7) is 0.946. The number of carbonyl (C=O) groups is 1. The van der Waals surface area contributed by atoms with E-state index in [4.69, 9.17) is 27.7 Å². The molecule has 1 atom stereocenters. The van der Waals surface area contributed by atoms with E-state index in [9.17, 15) is 14.9 Å². The monoisotopic (exact) mass is 446 g/mol. The van der Waals surface area contributed by atoms with Gasteiger partial charge in [0.15, 0.2) is 0 Å². The highest BCUT2D eigenvalue weighted by atomic mass is 35.5. The average molecular weight is 447 g/mol. The molecule has 3 aromatic rings. The molecule has 10 heteroatoms. The molecule has 30 heavy (non-hydrogen) atoms. The van der Waals surface area contributed by atoms with Gasteiger partial charge in [-0.05, 0) is 31.0 Å². The maximum absolute atomic E-state index is 12.9. The maximum Gasteiger partial charge on any atom is 0.270 e. The normalized spacial score (nSPS) is 16.5. The van der Waals surface area contributed by atoms with Gasteiger partial charge in [-0.1, -0.05) is 40.5 Å². The lowest BCUT2D eigenvalue weighted by atomic mass is 9.97. The van der Waals surface area contributed by atoms with Crippen LogP contribution in [0.5, 0.6) is 0 Å². The number of rotatable bonds is 4. The van der Waals surface area contributed by atoms with E-state index in [-0.39, 0.29) is 28.1 Å². The second-order valence-electron chi connectivity index (χ2n) is 6.98. The summed E-state index contributed by atoms with van der Waals surface area (Å²) >= 11 is 12.1. The van der Waals surface area contributed by atoms with Crippen LogP contribution in [0, 0.1) is 10.1 Å². The molecule has 1 unspecified atom stereocenters. The number of halogens is 2. The first-order valence-electron chi connectivity index (χ1n) is 9.25. The lowest BCUT2D eigenvalue weighted by Gasteiger charge is -2.31. The molecule has 0 N–H and O–H groups in total. The molecule has 2 heterocycles. The fourth-order valence-corrected chi connectivity index (χ4v) is 3.92. The summed E-state index contributed by atoms with van der Waals surface area (Å²) in [6.07, 6.45) is 1.56. The summed E-state index contributed by atoms with van der Waals surface area (Å²) in [5.74, 6) is 0.501. The topological polar surface area (TPSA) is 102 Å². The molecule has 1 aliphatic rings. The Morgan fingerprint density at radius 2 is 2.07 bits per heavy atom. The molecule has 0 spiro atoms. The molecule has 2 aromatic carbocycles. The number of nitrogens with zero attached hydrogens (tertiary/aromatic N) is 4. The molecule has 1 aliphatic heterocycles. The molecule has 154 valence electrons. The van der Waals surface area contributed by atoms with Crippen LogP contribution in [0.3, 0.4) is 0 Å². The number of carbonyl (C=O) groups excluding carboxylic acids is 1. The molecular formula is C20H16Cl2N4O4. The van der Waals surface area contributed by atoms with Crippen LogP contribution in [-0.4, -0.2) is 39.0 Å². The largest absolute Gasteiger partial charge is 0.339 e. The van der Waals surface area contributed by atoms with Crippen LogP contribution in [0.15, 0.2) is 47.0 Å². The van der Waals surface area contributed by atoms with Crippen LogP contribution in [-0.2, 0) is 0 Å². The van der Waals surface area contributed by atoms with Crippen molar-refractivity contribution in [2.75, 3.05) is 13.1 Å². The molecule has 0 saturated carbocycles. The van der Waals surface area contributed by atoms with Crippen molar-refractivity contribution in [2.45, 2.75) is 18.8 Å². The number of piperidine rings is 1. The highest BCUT2D eigenvalue weighted by Crippen LogP contribution is 2.30. The van der Waals surface area contributed by atoms with E-state index >= 15 is 0 Å². The third-order valence-electron chi connectivity index (χ3n) is 4.98. The van der Waals surface area contributed by atoms with Gasteiger partial charge in [-0.3, -0.25) is 14.9 Å². The lowest BCUT2D eigenvalue weighted by molar-refractivity contribution is -0.384. The SMILES string of the molecule is O=C(c1ccc([N+](=O)[O-])cc1Cl)N1CCCC(c2nc(-c3cccc(Cl)c3)no2)C1. The first-order chi connectivity index (χ1) is 14.4. The molecule has 8 nitrogen and oxygen atoms in total. The molecule has 0 radical (unpaired) electrons. The van der Waals surface area contributed by atoms with Gasteiger partial charge in [-0.2, -0.15) is 4.98 Å². The van der Waals surface area contributed by atoms with E-state index in [2.05, 4.69) is 10.1 Å². The Labute approximate surface area is 181 Å². The summed E-state index contributed by atoms with van der Waals surface area (Å²) in [7, 11) is 0. The van der Waals surface area contributed by atoms with E-state index in [1.165, 1.54) is 18.2 Å². The van der Waals surface area contributed by atoms with Gasteiger partial charge in [-0.25, -0.2) is 0 Å². The number of hydrogen-bond acceptors (Lipinski definition) is 6. The Hall–Kier alpha value is -2.97. The summed E-state index contributed by atoms with van der Waals surface area (Å²) in [5.41, 5.74) is 0.819. The standard InChI is InChI=1S/C20H16Cl2N4O4/c21-14-5-1-3-12(9-14)18-23-19(30-24-18)13-4-2-8-25(11-13)20(27)16-7-6-15(26(28)29)10-17(16)22/h1,3,5-7,9-10,13H,2,4,8,11H2. The second kappa shape index (κ2) is 8.41. The van der Waals surface area contributed by atoms with E-state index in [0.717, 1.165) is 18.4 Å². The first-order valence-corrected chi connectivity index (χ1v) is 10.0. The second-order valence-corrected chi connectivity index (χ2v) is 7.82. The third kappa shape index (κ3) is 4.15. The third-order valence-corrected chi connectivity index (χ3v) is 5.52. The number of aromatic nitrogens is 2. The Kier molecular flexibility index (Phi) is 5.69. The highest BCUT2D eigenvalue weighted by Gasteiger charge is 2.30. The molecule has 1 amide bonds. The minimum absolute atomic E-state index is 0.0531. The smallest absolute Gasteiger partial charge is 0.270 e. The Bertz CT molecular complexity index is 1120. The number of nitro benzene ring substituents is 1. The van der Waals surface area contributed by atoms with Gasteiger partial charge in [-0.15, -0.1) is 0 Å². The molecule has 1 saturated heterocycles. The number of hydrogen-bond donors (Lipinski definition) is 0. The van der Waals surface area contributed by atoms with E-state index in [0.29, 0.717) is 29.8 Å². The Morgan fingerprint density at radius 1 is 1.23 bits per heavy atom. The Balaban J connectivity index is 1.51. The summed E-state index contributed by atoms with van der Waals surface area (Å²) < 4.78 is 5.45. The van der Waals surface area contributed by atoms with Crippen molar-refractivity contribution in [3.63, 3.8) is 0 Å². The van der Waals surface area contributed by atoms with Crippen LogP contribution in [0.25, 0.3) is 11.4 Å². The average Bonchev–Trinajstić information content (AvgIpc) is 3.24. The van der Waals surface area contributed by atoms with E-state index in [1.807, 2.05) is 12.1 Å². The van der Waals surface area contributed by atoms with Crippen LogP contribution < -0.4 is 0 Å². The minimum atomic E-state index is -0.551. The molecule has 0 aliphatic carbocycles. The number of non-ortho nitro benzene ring substituents is 1. The predicted molar refractivity (Wildman–Crippen MR) is 111 cm³/mol. The summed E-state index contributed by atoms with van der Waals surface area (Å²) in [4.78, 5) is 29.4. The zero-order valence-electron chi connectivity index (χ0n) is 15.6. The van der Waals surface area contributed by atoms with Gasteiger partial charge in [0.25, 0.3) is 11.6 Å². The lowest BCUT2D eigenvalue weighted by Crippen LogP contribution is -2.39. The molecular weight excluding hydrogens is 431 g/mol. The first kappa shape index (κ1) is 20.3. The van der Waals surface area contributed by atoms with Crippen molar-refractivity contribution in [3.05, 3.63) is 74.1 Å². The molecule has 1 fully saturated rings. The van der Waals surface area contributed by atoms with Gasteiger partial charge < -0.3 is 9.42 Å². The molecule has 4 rings (SSSR count). The highest BCUT2D eigenvalue weighted by molar-refractivity contribution is 6.34. The molecule has 1 aromatic heterocycles. The minimum Gasteiger partial charge on any atom is -0.339 e. The van der Waals surface area contributed by atoms with Crippen molar-refractivity contribution in [3.8, 4) is 11.4 Å². The van der Waals surface area contributed by atoms with E-state index in [1.54, 1.807) is 17.0 Å². The van der Waals surface area contributed by atoms with Crippen LogP contribution >= 0.6 is 23.2 Å². The number of likely N-dealkylation sites (tertiary alicyclic amines) is 1. The van der Waals surface area contributed by atoms with Gasteiger partial charge in [0.05, 0.1) is 21.4 Å².